The second-order valence-electron chi connectivity index (χ2n) is 9.11. The van der Waals surface area contributed by atoms with Crippen LogP contribution in [-0.2, 0) is 9.53 Å². The van der Waals surface area contributed by atoms with Crippen LogP contribution in [0.2, 0.25) is 0 Å². The summed E-state index contributed by atoms with van der Waals surface area (Å²) < 4.78 is 11.7. The Labute approximate surface area is 213 Å². The summed E-state index contributed by atoms with van der Waals surface area (Å²) in [6.45, 7) is 2.18. The van der Waals surface area contributed by atoms with Gasteiger partial charge in [0, 0.05) is 19.6 Å². The number of likely N-dealkylation sites (tertiary alicyclic amines) is 1. The van der Waals surface area contributed by atoms with Gasteiger partial charge < -0.3 is 25.2 Å². The van der Waals surface area contributed by atoms with Crippen molar-refractivity contribution in [3.8, 4) is 11.5 Å². The number of ether oxygens (including phenoxy) is 2. The molecule has 0 radical (unpaired) electrons. The van der Waals surface area contributed by atoms with Crippen LogP contribution in [-0.4, -0.2) is 54.7 Å². The molecular weight excluding hydrogens is 452 g/mol. The van der Waals surface area contributed by atoms with E-state index in [1.807, 2.05) is 36.4 Å². The third-order valence-electron chi connectivity index (χ3n) is 6.53. The van der Waals surface area contributed by atoms with Crippen molar-refractivity contribution in [2.24, 2.45) is 5.73 Å². The first kappa shape index (κ1) is 25.6. The van der Waals surface area contributed by atoms with Gasteiger partial charge >= 0.3 is 0 Å². The van der Waals surface area contributed by atoms with Crippen molar-refractivity contribution in [3.05, 3.63) is 102 Å². The number of nitrogens with two attached hydrogens (primary N) is 1. The van der Waals surface area contributed by atoms with E-state index < -0.39 is 6.04 Å². The first-order valence-electron chi connectivity index (χ1n) is 12.4. The Hall–Kier alpha value is -3.45. The highest BCUT2D eigenvalue weighted by Crippen LogP contribution is 2.30. The fourth-order valence-electron chi connectivity index (χ4n) is 4.49. The predicted octanol–water partition coefficient (Wildman–Crippen LogP) is 4.58. The average molecular weight is 487 g/mol. The molecule has 3 aromatic carbocycles. The van der Waals surface area contributed by atoms with Crippen LogP contribution in [0, 0.1) is 0 Å². The van der Waals surface area contributed by atoms with Gasteiger partial charge in [-0.05, 0) is 47.7 Å². The molecule has 1 aliphatic rings. The lowest BCUT2D eigenvalue weighted by atomic mass is 10.00. The van der Waals surface area contributed by atoms with E-state index in [1.54, 1.807) is 18.2 Å². The maximum absolute atomic E-state index is 12.6. The van der Waals surface area contributed by atoms with Crippen LogP contribution in [0.3, 0.4) is 0 Å². The minimum absolute atomic E-state index is 0.0592. The molecule has 0 aliphatic carbocycles. The molecule has 6 nitrogen and oxygen atoms in total. The normalized spacial score (nSPS) is 15.9. The summed E-state index contributed by atoms with van der Waals surface area (Å²) >= 11 is 0. The van der Waals surface area contributed by atoms with Gasteiger partial charge in [-0.3, -0.25) is 4.79 Å². The first-order chi connectivity index (χ1) is 17.5. The van der Waals surface area contributed by atoms with Gasteiger partial charge in [-0.15, -0.1) is 0 Å². The molecule has 0 amide bonds. The Morgan fingerprint density at radius 3 is 2.22 bits per heavy atom. The fourth-order valence-corrected chi connectivity index (χ4v) is 4.49. The number of hydrogen-bond donors (Lipinski definition) is 2. The third-order valence-corrected chi connectivity index (χ3v) is 6.53. The van der Waals surface area contributed by atoms with Gasteiger partial charge in [-0.25, -0.2) is 0 Å². The number of piperidine rings is 1. The topological polar surface area (TPSA) is 85.0 Å². The van der Waals surface area contributed by atoms with Gasteiger partial charge in [0.25, 0.3) is 0 Å². The second-order valence-corrected chi connectivity index (χ2v) is 9.11. The predicted molar refractivity (Wildman–Crippen MR) is 142 cm³/mol. The molecule has 1 unspecified atom stereocenters. The standard InChI is InChI=1S/C30H34N2O4/c1-35-29-20-22(13-15-28(29)34)12-14-27(33)26(31)21-32-18-16-25(17-19-32)36-30(23-8-4-2-5-9-23)24-10-6-3-7-11-24/h2-15,20,25-26,30,34H,16-19,21,31H2,1H3. The zero-order chi connectivity index (χ0) is 25.3. The molecule has 1 atom stereocenters. The number of methoxy groups -OCH3 is 1. The van der Waals surface area contributed by atoms with E-state index >= 15 is 0 Å². The molecule has 1 saturated heterocycles. The van der Waals surface area contributed by atoms with Gasteiger partial charge in [-0.2, -0.15) is 0 Å². The molecule has 0 saturated carbocycles. The number of carbonyl (C=O) groups excluding carboxylic acids is 1. The molecule has 0 bridgehead atoms. The van der Waals surface area contributed by atoms with Gasteiger partial charge in [0.15, 0.2) is 17.3 Å². The van der Waals surface area contributed by atoms with Crippen molar-refractivity contribution in [3.63, 3.8) is 0 Å². The summed E-state index contributed by atoms with van der Waals surface area (Å²) in [5.74, 6) is 0.290. The smallest absolute Gasteiger partial charge is 0.173 e. The molecule has 3 N–H and O–H groups in total. The fraction of sp³-hybridized carbons (Fsp3) is 0.300. The van der Waals surface area contributed by atoms with E-state index in [0.717, 1.165) is 42.6 Å². The molecule has 0 spiro atoms. The number of hydrogen-bond acceptors (Lipinski definition) is 6. The lowest BCUT2D eigenvalue weighted by Crippen LogP contribution is -2.46. The summed E-state index contributed by atoms with van der Waals surface area (Å²) in [7, 11) is 1.49. The number of carbonyl (C=O) groups is 1. The zero-order valence-electron chi connectivity index (χ0n) is 20.6. The third kappa shape index (κ3) is 6.82. The SMILES string of the molecule is COc1cc(C=CC(=O)C(N)CN2CCC(OC(c3ccccc3)c3ccccc3)CC2)ccc1O. The highest BCUT2D eigenvalue weighted by atomic mass is 16.5. The lowest BCUT2D eigenvalue weighted by Gasteiger charge is -2.35. The molecule has 3 aromatic rings. The molecule has 4 rings (SSSR count). The Balaban J connectivity index is 1.29. The van der Waals surface area contributed by atoms with Crippen molar-refractivity contribution in [2.45, 2.75) is 31.1 Å². The van der Waals surface area contributed by atoms with E-state index in [-0.39, 0.29) is 23.7 Å². The Morgan fingerprint density at radius 2 is 1.64 bits per heavy atom. The first-order valence-corrected chi connectivity index (χ1v) is 12.4. The van der Waals surface area contributed by atoms with Crippen LogP contribution in [0.15, 0.2) is 84.9 Å². The van der Waals surface area contributed by atoms with Crippen LogP contribution >= 0.6 is 0 Å². The van der Waals surface area contributed by atoms with Gasteiger partial charge in [0.05, 0.1) is 19.3 Å². The number of phenols is 1. The van der Waals surface area contributed by atoms with E-state index in [2.05, 4.69) is 29.2 Å². The van der Waals surface area contributed by atoms with Crippen LogP contribution in [0.1, 0.15) is 35.6 Å². The minimum atomic E-state index is -0.598. The molecule has 36 heavy (non-hydrogen) atoms. The van der Waals surface area contributed by atoms with Crippen LogP contribution < -0.4 is 10.5 Å². The summed E-state index contributed by atoms with van der Waals surface area (Å²) in [5, 5.41) is 9.72. The molecule has 0 aromatic heterocycles. The number of ketones is 1. The molecule has 1 aliphatic heterocycles. The molecule has 188 valence electrons. The number of rotatable bonds is 10. The average Bonchev–Trinajstić information content (AvgIpc) is 2.93. The monoisotopic (exact) mass is 486 g/mol. The largest absolute Gasteiger partial charge is 0.504 e. The molecular formula is C30H34N2O4. The second kappa shape index (κ2) is 12.5. The van der Waals surface area contributed by atoms with Crippen LogP contribution in [0.5, 0.6) is 11.5 Å². The van der Waals surface area contributed by atoms with Crippen LogP contribution in [0.4, 0.5) is 0 Å². The zero-order valence-corrected chi connectivity index (χ0v) is 20.6. The van der Waals surface area contributed by atoms with E-state index in [0.29, 0.717) is 12.3 Å². The summed E-state index contributed by atoms with van der Waals surface area (Å²) in [6, 6.07) is 25.0. The number of benzene rings is 3. The summed E-state index contributed by atoms with van der Waals surface area (Å²) in [5.41, 5.74) is 9.28. The maximum Gasteiger partial charge on any atom is 0.173 e. The van der Waals surface area contributed by atoms with E-state index in [1.165, 1.54) is 19.3 Å². The maximum atomic E-state index is 12.6. The van der Waals surface area contributed by atoms with Gasteiger partial charge in [0.1, 0.15) is 6.10 Å². The molecule has 1 fully saturated rings. The van der Waals surface area contributed by atoms with Gasteiger partial charge in [0.2, 0.25) is 0 Å². The van der Waals surface area contributed by atoms with Crippen molar-refractivity contribution in [2.75, 3.05) is 26.7 Å². The summed E-state index contributed by atoms with van der Waals surface area (Å²) in [6.07, 6.45) is 5.01. The van der Waals surface area contributed by atoms with Crippen molar-refractivity contribution in [1.29, 1.82) is 0 Å². The highest BCUT2D eigenvalue weighted by Gasteiger charge is 2.26. The molecule has 6 heteroatoms. The highest BCUT2D eigenvalue weighted by molar-refractivity contribution is 5.97. The Kier molecular flexibility index (Phi) is 8.90. The van der Waals surface area contributed by atoms with E-state index in [9.17, 15) is 9.90 Å². The number of phenolic OH excluding ortho intramolecular Hbond substituents is 1. The van der Waals surface area contributed by atoms with Gasteiger partial charge in [-0.1, -0.05) is 72.8 Å². The van der Waals surface area contributed by atoms with Crippen LogP contribution in [0.25, 0.3) is 6.08 Å². The quantitative estimate of drug-likeness (QED) is 0.408. The Bertz CT molecular complexity index is 1100. The summed E-state index contributed by atoms with van der Waals surface area (Å²) in [4.78, 5) is 14.8. The Morgan fingerprint density at radius 1 is 1.03 bits per heavy atom. The lowest BCUT2D eigenvalue weighted by molar-refractivity contribution is -0.116. The van der Waals surface area contributed by atoms with Crippen molar-refractivity contribution >= 4 is 11.9 Å². The molecule has 1 heterocycles. The number of aromatic hydroxyl groups is 1. The number of nitrogens with zero attached hydrogens (tertiary/aromatic N) is 1. The minimum Gasteiger partial charge on any atom is -0.504 e. The van der Waals surface area contributed by atoms with E-state index in [4.69, 9.17) is 15.2 Å². The van der Waals surface area contributed by atoms with Crippen molar-refractivity contribution < 1.29 is 19.4 Å². The van der Waals surface area contributed by atoms with Crippen molar-refractivity contribution in [1.82, 2.24) is 4.90 Å².